The monoisotopic (exact) mass is 306 g/mol. The van der Waals surface area contributed by atoms with E-state index in [-0.39, 0.29) is 17.1 Å². The van der Waals surface area contributed by atoms with Crippen molar-refractivity contribution in [3.63, 3.8) is 0 Å². The molecule has 1 fully saturated rings. The van der Waals surface area contributed by atoms with Crippen molar-refractivity contribution >= 4 is 21.6 Å². The van der Waals surface area contributed by atoms with Gasteiger partial charge in [-0.2, -0.15) is 0 Å². The highest BCUT2D eigenvalue weighted by atomic mass is 35.5. The zero-order chi connectivity index (χ0) is 14.2. The molecule has 1 aromatic carbocycles. The largest absolute Gasteiger partial charge is 0.298 e. The molecular formula is C12H16ClFN2O2S. The molecular weight excluding hydrogens is 291 g/mol. The minimum absolute atomic E-state index is 0.0667. The second-order valence-electron chi connectivity index (χ2n) is 4.88. The van der Waals surface area contributed by atoms with Gasteiger partial charge in [-0.1, -0.05) is 17.7 Å². The highest BCUT2D eigenvalue weighted by Crippen LogP contribution is 2.32. The zero-order valence-electron chi connectivity index (χ0n) is 10.7. The zero-order valence-corrected chi connectivity index (χ0v) is 12.3. The van der Waals surface area contributed by atoms with E-state index in [1.807, 2.05) is 11.9 Å². The smallest absolute Gasteiger partial charge is 0.209 e. The van der Waals surface area contributed by atoms with Gasteiger partial charge in [-0.05, 0) is 31.2 Å². The first-order valence-corrected chi connectivity index (χ1v) is 8.17. The lowest BCUT2D eigenvalue weighted by Crippen LogP contribution is -2.38. The van der Waals surface area contributed by atoms with Crippen molar-refractivity contribution in [3.05, 3.63) is 34.6 Å². The maximum atomic E-state index is 13.5. The van der Waals surface area contributed by atoms with Gasteiger partial charge in [0, 0.05) is 12.6 Å². The third-order valence-electron chi connectivity index (χ3n) is 3.30. The van der Waals surface area contributed by atoms with Gasteiger partial charge in [-0.25, -0.2) is 17.5 Å². The molecule has 0 radical (unpaired) electrons. The van der Waals surface area contributed by atoms with Crippen molar-refractivity contribution in [2.24, 2.45) is 0 Å². The summed E-state index contributed by atoms with van der Waals surface area (Å²) < 4.78 is 38.9. The quantitative estimate of drug-likeness (QED) is 0.926. The highest BCUT2D eigenvalue weighted by Gasteiger charge is 2.34. The Bertz CT molecular complexity index is 579. The number of hydrogen-bond acceptors (Lipinski definition) is 3. The van der Waals surface area contributed by atoms with Crippen LogP contribution in [0, 0.1) is 5.82 Å². The maximum Gasteiger partial charge on any atom is 0.209 e. The van der Waals surface area contributed by atoms with Gasteiger partial charge in [0.15, 0.2) is 0 Å². The number of benzene rings is 1. The van der Waals surface area contributed by atoms with Crippen molar-refractivity contribution in [2.45, 2.75) is 18.5 Å². The fourth-order valence-electron chi connectivity index (χ4n) is 2.53. The summed E-state index contributed by atoms with van der Waals surface area (Å²) in [5, 5.41) is 0.0667. The number of hydrogen-bond donors (Lipinski definition) is 1. The molecule has 0 bridgehead atoms. The minimum Gasteiger partial charge on any atom is -0.298 e. The molecule has 0 spiro atoms. The van der Waals surface area contributed by atoms with Crippen LogP contribution in [-0.2, 0) is 10.0 Å². The third kappa shape index (κ3) is 3.45. The summed E-state index contributed by atoms with van der Waals surface area (Å²) in [6, 6.07) is 4.17. The van der Waals surface area contributed by atoms with Crippen LogP contribution < -0.4 is 4.72 Å². The summed E-state index contributed by atoms with van der Waals surface area (Å²) in [7, 11) is -1.40. The predicted molar refractivity (Wildman–Crippen MR) is 73.2 cm³/mol. The Kier molecular flexibility index (Phi) is 4.15. The predicted octanol–water partition coefficient (Wildman–Crippen LogP) is 1.77. The molecule has 2 rings (SSSR count). The number of nitrogens with zero attached hydrogens (tertiary/aromatic N) is 1. The average Bonchev–Trinajstić information content (AvgIpc) is 2.62. The van der Waals surface area contributed by atoms with Crippen LogP contribution in [-0.4, -0.2) is 39.2 Å². The van der Waals surface area contributed by atoms with Gasteiger partial charge in [0.25, 0.3) is 0 Å². The molecule has 1 N–H and O–H groups in total. The Hall–Kier alpha value is -0.690. The third-order valence-corrected chi connectivity index (χ3v) is 4.34. The Labute approximate surface area is 117 Å². The van der Waals surface area contributed by atoms with Crippen molar-refractivity contribution in [3.8, 4) is 0 Å². The van der Waals surface area contributed by atoms with Gasteiger partial charge in [-0.3, -0.25) is 4.90 Å². The number of sulfonamides is 1. The van der Waals surface area contributed by atoms with Crippen LogP contribution in [0.25, 0.3) is 0 Å². The first kappa shape index (κ1) is 14.7. The van der Waals surface area contributed by atoms with E-state index in [9.17, 15) is 12.8 Å². The van der Waals surface area contributed by atoms with Gasteiger partial charge < -0.3 is 0 Å². The molecule has 0 saturated carbocycles. The van der Waals surface area contributed by atoms with E-state index in [0.29, 0.717) is 6.42 Å². The maximum absolute atomic E-state index is 13.5. The fraction of sp³-hybridized carbons (Fsp3) is 0.500. The molecule has 19 heavy (non-hydrogen) atoms. The van der Waals surface area contributed by atoms with Crippen molar-refractivity contribution < 1.29 is 12.8 Å². The summed E-state index contributed by atoms with van der Waals surface area (Å²) in [4.78, 5) is 2.01. The molecule has 1 aromatic rings. The lowest BCUT2D eigenvalue weighted by Gasteiger charge is -2.25. The minimum atomic E-state index is -3.29. The summed E-state index contributed by atoms with van der Waals surface area (Å²) in [6.07, 6.45) is 1.82. The van der Waals surface area contributed by atoms with Crippen LogP contribution in [0.1, 0.15) is 18.0 Å². The lowest BCUT2D eigenvalue weighted by molar-refractivity contribution is 0.297. The number of nitrogens with one attached hydrogen (secondary N) is 1. The number of likely N-dealkylation sites (N-methyl/N-ethyl adjacent to an activating group) is 1. The van der Waals surface area contributed by atoms with Crippen molar-refractivity contribution in [2.75, 3.05) is 19.8 Å². The van der Waals surface area contributed by atoms with Crippen LogP contribution in [0.3, 0.4) is 0 Å². The molecule has 2 atom stereocenters. The molecule has 1 aliphatic rings. The Morgan fingerprint density at radius 3 is 2.74 bits per heavy atom. The van der Waals surface area contributed by atoms with Gasteiger partial charge in [-0.15, -0.1) is 0 Å². The van der Waals surface area contributed by atoms with E-state index < -0.39 is 15.8 Å². The summed E-state index contributed by atoms with van der Waals surface area (Å²) in [5.74, 6) is -0.488. The Morgan fingerprint density at radius 1 is 1.47 bits per heavy atom. The highest BCUT2D eigenvalue weighted by molar-refractivity contribution is 7.88. The Morgan fingerprint density at radius 2 is 2.16 bits per heavy atom. The van der Waals surface area contributed by atoms with Gasteiger partial charge in [0.05, 0.1) is 17.3 Å². The normalized spacial score (nSPS) is 24.8. The van der Waals surface area contributed by atoms with E-state index in [4.69, 9.17) is 11.6 Å². The van der Waals surface area contributed by atoms with Crippen molar-refractivity contribution in [1.29, 1.82) is 0 Å². The molecule has 0 amide bonds. The SMILES string of the molecule is CN1CC[C@@H](NS(C)(=O)=O)[C@@H]1c1ccc(Cl)c(F)c1. The van der Waals surface area contributed by atoms with E-state index in [1.54, 1.807) is 6.07 Å². The first-order chi connectivity index (χ1) is 8.78. The summed E-state index contributed by atoms with van der Waals surface area (Å²) >= 11 is 5.67. The molecule has 0 aliphatic carbocycles. The first-order valence-electron chi connectivity index (χ1n) is 5.90. The molecule has 4 nitrogen and oxygen atoms in total. The van der Waals surface area contributed by atoms with E-state index >= 15 is 0 Å². The van der Waals surface area contributed by atoms with Crippen LogP contribution in [0.2, 0.25) is 5.02 Å². The van der Waals surface area contributed by atoms with Crippen LogP contribution in [0.5, 0.6) is 0 Å². The molecule has 1 heterocycles. The van der Waals surface area contributed by atoms with E-state index in [2.05, 4.69) is 4.72 Å². The fourth-order valence-corrected chi connectivity index (χ4v) is 3.44. The average molecular weight is 307 g/mol. The number of rotatable bonds is 3. The topological polar surface area (TPSA) is 49.4 Å². The number of halogens is 2. The molecule has 1 saturated heterocycles. The van der Waals surface area contributed by atoms with E-state index in [1.165, 1.54) is 12.1 Å². The molecule has 1 aliphatic heterocycles. The van der Waals surface area contributed by atoms with Gasteiger partial charge >= 0.3 is 0 Å². The van der Waals surface area contributed by atoms with Crippen molar-refractivity contribution in [1.82, 2.24) is 9.62 Å². The summed E-state index contributed by atoms with van der Waals surface area (Å²) in [6.45, 7) is 0.752. The van der Waals surface area contributed by atoms with Gasteiger partial charge in [0.2, 0.25) is 10.0 Å². The second-order valence-corrected chi connectivity index (χ2v) is 7.07. The number of likely N-dealkylation sites (tertiary alicyclic amines) is 1. The Balaban J connectivity index is 2.31. The van der Waals surface area contributed by atoms with Gasteiger partial charge in [0.1, 0.15) is 5.82 Å². The molecule has 106 valence electrons. The van der Waals surface area contributed by atoms with Crippen LogP contribution in [0.15, 0.2) is 18.2 Å². The van der Waals surface area contributed by atoms with E-state index in [0.717, 1.165) is 18.4 Å². The lowest BCUT2D eigenvalue weighted by atomic mass is 10.0. The standard InChI is InChI=1S/C12H16ClFN2O2S/c1-16-6-5-11(15-19(2,17)18)12(16)8-3-4-9(13)10(14)7-8/h3-4,7,11-12,15H,5-6H2,1-2H3/t11-,12+/m1/s1. The molecule has 0 unspecified atom stereocenters. The van der Waals surface area contributed by atoms with Crippen LogP contribution in [0.4, 0.5) is 4.39 Å². The second kappa shape index (κ2) is 5.36. The summed E-state index contributed by atoms with van der Waals surface area (Å²) in [5.41, 5.74) is 0.725. The molecule has 0 aromatic heterocycles. The molecule has 7 heteroatoms. The van der Waals surface area contributed by atoms with Crippen LogP contribution >= 0.6 is 11.6 Å².